The molecule has 0 fully saturated rings. The van der Waals surface area contributed by atoms with Gasteiger partial charge in [0, 0.05) is 36.5 Å². The molecule has 1 aliphatic rings. The van der Waals surface area contributed by atoms with Crippen LogP contribution in [0.25, 0.3) is 16.9 Å². The molecule has 5 nitrogen and oxygen atoms in total. The molecule has 4 rings (SSSR count). The van der Waals surface area contributed by atoms with E-state index in [1.165, 1.54) is 28.1 Å². The Morgan fingerprint density at radius 1 is 1.06 bits per heavy atom. The van der Waals surface area contributed by atoms with Crippen LogP contribution >= 0.6 is 0 Å². The third kappa shape index (κ3) is 5.48. The summed E-state index contributed by atoms with van der Waals surface area (Å²) in [5, 5.41) is 3.03. The number of aromatic nitrogens is 1. The minimum atomic E-state index is 0.0837. The minimum absolute atomic E-state index is 0.0837. The van der Waals surface area contributed by atoms with E-state index in [1.807, 2.05) is 26.0 Å². The zero-order valence-corrected chi connectivity index (χ0v) is 19.9. The highest BCUT2D eigenvalue weighted by molar-refractivity contribution is 5.77. The third-order valence-electron chi connectivity index (χ3n) is 6.13. The van der Waals surface area contributed by atoms with E-state index in [1.54, 1.807) is 7.11 Å². The van der Waals surface area contributed by atoms with Gasteiger partial charge >= 0.3 is 0 Å². The Balaban J connectivity index is 1.54. The van der Waals surface area contributed by atoms with Gasteiger partial charge in [0.2, 0.25) is 5.91 Å². The predicted octanol–water partition coefficient (Wildman–Crippen LogP) is 5.12. The number of hydrogen-bond donors (Lipinski definition) is 1. The molecule has 33 heavy (non-hydrogen) atoms. The second-order valence-corrected chi connectivity index (χ2v) is 8.82. The summed E-state index contributed by atoms with van der Waals surface area (Å²) < 4.78 is 13.2. The van der Waals surface area contributed by atoms with Crippen molar-refractivity contribution in [1.82, 2.24) is 9.88 Å². The first-order chi connectivity index (χ1) is 16.1. The minimum Gasteiger partial charge on any atom is -0.497 e. The van der Waals surface area contributed by atoms with Crippen molar-refractivity contribution in [3.8, 4) is 22.7 Å². The van der Waals surface area contributed by atoms with Crippen LogP contribution in [0, 0.1) is 0 Å². The first-order valence-electron chi connectivity index (χ1n) is 11.9. The molecule has 1 amide bonds. The molecule has 1 aromatic heterocycles. The van der Waals surface area contributed by atoms with Crippen LogP contribution in [0.4, 0.5) is 0 Å². The molecular weight excluding hydrogens is 412 g/mol. The molecule has 0 radical (unpaired) electrons. The lowest BCUT2D eigenvalue weighted by Crippen LogP contribution is -2.26. The van der Waals surface area contributed by atoms with Crippen molar-refractivity contribution in [2.24, 2.45) is 0 Å². The van der Waals surface area contributed by atoms with Gasteiger partial charge in [-0.05, 0) is 81.0 Å². The molecule has 1 N–H and O–H groups in total. The second-order valence-electron chi connectivity index (χ2n) is 8.82. The molecule has 0 aliphatic heterocycles. The van der Waals surface area contributed by atoms with Crippen LogP contribution in [0.3, 0.4) is 0 Å². The van der Waals surface area contributed by atoms with Gasteiger partial charge in [-0.1, -0.05) is 24.3 Å². The molecule has 5 heteroatoms. The lowest BCUT2D eigenvalue weighted by molar-refractivity contribution is -0.121. The van der Waals surface area contributed by atoms with Gasteiger partial charge in [-0.25, -0.2) is 0 Å². The summed E-state index contributed by atoms with van der Waals surface area (Å²) in [6.07, 6.45) is 4.28. The predicted molar refractivity (Wildman–Crippen MR) is 132 cm³/mol. The first kappa shape index (κ1) is 23.1. The van der Waals surface area contributed by atoms with Crippen LogP contribution in [0.2, 0.25) is 0 Å². The Kier molecular flexibility index (Phi) is 7.50. The average molecular weight is 447 g/mol. The van der Waals surface area contributed by atoms with Crippen molar-refractivity contribution in [2.45, 2.75) is 52.1 Å². The van der Waals surface area contributed by atoms with Gasteiger partial charge in [-0.3, -0.25) is 4.79 Å². The molecule has 0 atom stereocenters. The van der Waals surface area contributed by atoms with Gasteiger partial charge in [0.25, 0.3) is 0 Å². The van der Waals surface area contributed by atoms with Crippen molar-refractivity contribution < 1.29 is 14.3 Å². The Hall–Kier alpha value is -3.05. The Morgan fingerprint density at radius 3 is 2.58 bits per heavy atom. The van der Waals surface area contributed by atoms with Crippen molar-refractivity contribution in [3.63, 3.8) is 0 Å². The van der Waals surface area contributed by atoms with Crippen molar-refractivity contribution in [1.29, 1.82) is 0 Å². The van der Waals surface area contributed by atoms with Crippen LogP contribution in [0.15, 0.2) is 54.6 Å². The smallest absolute Gasteiger partial charge is 0.220 e. The van der Waals surface area contributed by atoms with E-state index in [0.29, 0.717) is 26.0 Å². The van der Waals surface area contributed by atoms with Gasteiger partial charge in [-0.2, -0.15) is 0 Å². The number of carbonyl (C=O) groups excluding carboxylic acids is 1. The fourth-order valence-electron chi connectivity index (χ4n) is 4.50. The van der Waals surface area contributed by atoms with Crippen LogP contribution in [0.5, 0.6) is 5.75 Å². The third-order valence-corrected chi connectivity index (χ3v) is 6.13. The van der Waals surface area contributed by atoms with E-state index in [0.717, 1.165) is 30.7 Å². The van der Waals surface area contributed by atoms with Crippen molar-refractivity contribution in [2.75, 3.05) is 20.3 Å². The SMILES string of the molecule is COc1ccc(-n2c(CCC(=O)NCCCOC(C)C)cc3c2-c2ccccc2CC3)cc1. The standard InChI is InChI=1S/C28H34N2O3/c1-20(2)33-18-6-17-29-27(31)16-13-24-19-22-10-9-21-7-4-5-8-26(21)28(22)30(24)23-11-14-25(32-3)15-12-23/h4-5,7-8,11-12,14-15,19-20H,6,9-10,13,16-18H2,1-3H3,(H,29,31). The largest absolute Gasteiger partial charge is 0.497 e. The van der Waals surface area contributed by atoms with Crippen LogP contribution < -0.4 is 10.1 Å². The monoisotopic (exact) mass is 446 g/mol. The number of aryl methyl sites for hydroxylation is 3. The van der Waals surface area contributed by atoms with E-state index in [2.05, 4.69) is 52.3 Å². The Labute approximate surface area is 196 Å². The maximum atomic E-state index is 12.5. The molecule has 174 valence electrons. The Bertz CT molecular complexity index is 1080. The fraction of sp³-hybridized carbons (Fsp3) is 0.393. The number of benzene rings is 2. The quantitative estimate of drug-likeness (QED) is 0.440. The van der Waals surface area contributed by atoms with Crippen molar-refractivity contribution >= 4 is 5.91 Å². The molecule has 0 saturated carbocycles. The Morgan fingerprint density at radius 2 is 1.82 bits per heavy atom. The number of rotatable bonds is 10. The lowest BCUT2D eigenvalue weighted by Gasteiger charge is -2.21. The maximum Gasteiger partial charge on any atom is 0.220 e. The number of ether oxygens (including phenoxy) is 2. The lowest BCUT2D eigenvalue weighted by atomic mass is 9.90. The molecule has 1 heterocycles. The van der Waals surface area contributed by atoms with E-state index in [9.17, 15) is 4.79 Å². The number of carbonyl (C=O) groups is 1. The van der Waals surface area contributed by atoms with Crippen LogP contribution in [-0.4, -0.2) is 36.8 Å². The molecule has 0 saturated heterocycles. The number of methoxy groups -OCH3 is 1. The number of nitrogens with one attached hydrogen (secondary N) is 1. The van der Waals surface area contributed by atoms with Gasteiger partial charge in [0.05, 0.1) is 18.9 Å². The van der Waals surface area contributed by atoms with E-state index >= 15 is 0 Å². The summed E-state index contributed by atoms with van der Waals surface area (Å²) >= 11 is 0. The zero-order valence-electron chi connectivity index (χ0n) is 19.9. The van der Waals surface area contributed by atoms with Gasteiger partial charge in [-0.15, -0.1) is 0 Å². The number of hydrogen-bond acceptors (Lipinski definition) is 3. The highest BCUT2D eigenvalue weighted by Gasteiger charge is 2.23. The normalized spacial score (nSPS) is 12.4. The van der Waals surface area contributed by atoms with E-state index in [-0.39, 0.29) is 12.0 Å². The topological polar surface area (TPSA) is 52.5 Å². The highest BCUT2D eigenvalue weighted by Crippen LogP contribution is 2.38. The summed E-state index contributed by atoms with van der Waals surface area (Å²) in [4.78, 5) is 12.5. The number of fused-ring (bicyclic) bond motifs is 3. The summed E-state index contributed by atoms with van der Waals surface area (Å²) in [6.45, 7) is 5.36. The molecular formula is C28H34N2O3. The van der Waals surface area contributed by atoms with Gasteiger partial charge < -0.3 is 19.4 Å². The molecule has 1 aliphatic carbocycles. The van der Waals surface area contributed by atoms with Gasteiger partial charge in [0.15, 0.2) is 0 Å². The zero-order chi connectivity index (χ0) is 23.2. The molecule has 0 bridgehead atoms. The first-order valence-corrected chi connectivity index (χ1v) is 11.9. The van der Waals surface area contributed by atoms with Crippen LogP contribution in [0.1, 0.15) is 43.5 Å². The summed E-state index contributed by atoms with van der Waals surface area (Å²) in [6, 6.07) is 19.1. The summed E-state index contributed by atoms with van der Waals surface area (Å²) in [5.74, 6) is 0.919. The number of amides is 1. The van der Waals surface area contributed by atoms with Gasteiger partial charge in [0.1, 0.15) is 5.75 Å². The van der Waals surface area contributed by atoms with Crippen molar-refractivity contribution in [3.05, 3.63) is 71.4 Å². The number of nitrogens with zero attached hydrogens (tertiary/aromatic N) is 1. The summed E-state index contributed by atoms with van der Waals surface area (Å²) in [7, 11) is 1.68. The molecule has 0 unspecified atom stereocenters. The molecule has 3 aromatic rings. The molecule has 2 aromatic carbocycles. The van der Waals surface area contributed by atoms with E-state index in [4.69, 9.17) is 9.47 Å². The van der Waals surface area contributed by atoms with Crippen LogP contribution in [-0.2, 0) is 28.8 Å². The summed E-state index contributed by atoms with van der Waals surface area (Å²) in [5.41, 5.74) is 7.53. The van der Waals surface area contributed by atoms with E-state index < -0.39 is 0 Å². The second kappa shape index (κ2) is 10.7. The average Bonchev–Trinajstić information content (AvgIpc) is 3.21. The maximum absolute atomic E-state index is 12.5. The fourth-order valence-corrected chi connectivity index (χ4v) is 4.50. The molecule has 0 spiro atoms. The highest BCUT2D eigenvalue weighted by atomic mass is 16.5.